The molecule has 3 heterocycles. The van der Waals surface area contributed by atoms with Crippen LogP contribution < -0.4 is 5.56 Å². The van der Waals surface area contributed by atoms with Crippen LogP contribution in [0, 0.1) is 0 Å². The summed E-state index contributed by atoms with van der Waals surface area (Å²) >= 11 is 1.53. The fourth-order valence-corrected chi connectivity index (χ4v) is 4.59. The largest absolute Gasteiger partial charge is 0.279 e. The van der Waals surface area contributed by atoms with Crippen LogP contribution in [-0.4, -0.2) is 33.9 Å². The van der Waals surface area contributed by atoms with Crippen molar-refractivity contribution in [2.75, 3.05) is 0 Å². The average molecular weight is 430 g/mol. The first-order valence-electron chi connectivity index (χ1n) is 10.2. The first-order chi connectivity index (χ1) is 15.2. The fraction of sp³-hybridized carbons (Fsp3) is 0.227. The molecule has 0 saturated heterocycles. The third-order valence-electron chi connectivity index (χ3n) is 5.58. The van der Waals surface area contributed by atoms with Crippen molar-refractivity contribution in [1.82, 2.24) is 33.9 Å². The van der Waals surface area contributed by atoms with Gasteiger partial charge in [0.25, 0.3) is 5.56 Å². The number of benzene rings is 2. The van der Waals surface area contributed by atoms with Crippen LogP contribution in [0.5, 0.6) is 0 Å². The lowest BCUT2D eigenvalue weighted by Crippen LogP contribution is -2.20. The highest BCUT2D eigenvalue weighted by molar-refractivity contribution is 7.98. The summed E-state index contributed by atoms with van der Waals surface area (Å²) in [5, 5.41) is 14.8. The van der Waals surface area contributed by atoms with Gasteiger partial charge in [0.1, 0.15) is 11.6 Å². The molecule has 154 valence electrons. The topological polar surface area (TPSA) is 82.9 Å². The monoisotopic (exact) mass is 429 g/mol. The number of aromatic nitrogens is 7. The smallest absolute Gasteiger partial charge is 0.262 e. The molecule has 0 unspecified atom stereocenters. The second-order valence-electron chi connectivity index (χ2n) is 7.70. The molecule has 8 nitrogen and oxygen atoms in total. The first-order valence-corrected chi connectivity index (χ1v) is 11.2. The molecule has 1 saturated carbocycles. The molecular formula is C22H19N7OS. The van der Waals surface area contributed by atoms with Gasteiger partial charge >= 0.3 is 0 Å². The van der Waals surface area contributed by atoms with Gasteiger partial charge in [-0.1, -0.05) is 42.1 Å². The van der Waals surface area contributed by atoms with E-state index in [2.05, 4.69) is 10.2 Å². The lowest BCUT2D eigenvalue weighted by molar-refractivity contribution is 0.782. The Hall–Kier alpha value is -3.46. The van der Waals surface area contributed by atoms with Gasteiger partial charge in [-0.2, -0.15) is 0 Å². The molecular weight excluding hydrogens is 410 g/mol. The number of hydrogen-bond donors (Lipinski definition) is 0. The Morgan fingerprint density at radius 3 is 2.61 bits per heavy atom. The third kappa shape index (κ3) is 3.04. The summed E-state index contributed by atoms with van der Waals surface area (Å²) in [6.07, 6.45) is 2.31. The van der Waals surface area contributed by atoms with E-state index in [1.165, 1.54) is 16.3 Å². The number of para-hydroxylation sites is 2. The van der Waals surface area contributed by atoms with Gasteiger partial charge in [-0.25, -0.2) is 9.67 Å². The van der Waals surface area contributed by atoms with Crippen molar-refractivity contribution >= 4 is 28.4 Å². The lowest BCUT2D eigenvalue weighted by Gasteiger charge is -2.07. The van der Waals surface area contributed by atoms with E-state index in [1.807, 2.05) is 63.7 Å². The minimum absolute atomic E-state index is 0.0768. The number of rotatable bonds is 5. The van der Waals surface area contributed by atoms with Gasteiger partial charge in [0.15, 0.2) is 0 Å². The highest BCUT2D eigenvalue weighted by Gasteiger charge is 2.30. The summed E-state index contributed by atoms with van der Waals surface area (Å²) in [5.41, 5.74) is 1.76. The molecule has 1 aliphatic rings. The minimum atomic E-state index is -0.0768. The van der Waals surface area contributed by atoms with E-state index in [-0.39, 0.29) is 5.56 Å². The van der Waals surface area contributed by atoms with Crippen LogP contribution in [0.2, 0.25) is 0 Å². The van der Waals surface area contributed by atoms with Crippen molar-refractivity contribution < 1.29 is 0 Å². The zero-order chi connectivity index (χ0) is 20.9. The Morgan fingerprint density at radius 2 is 1.81 bits per heavy atom. The Balaban J connectivity index is 1.38. The molecule has 0 atom stereocenters. The quantitative estimate of drug-likeness (QED) is 0.399. The van der Waals surface area contributed by atoms with Crippen LogP contribution in [0.25, 0.3) is 22.4 Å². The van der Waals surface area contributed by atoms with E-state index in [0.717, 1.165) is 40.9 Å². The van der Waals surface area contributed by atoms with E-state index in [1.54, 1.807) is 7.05 Å². The second-order valence-corrected chi connectivity index (χ2v) is 8.64. The van der Waals surface area contributed by atoms with Crippen LogP contribution in [0.1, 0.15) is 30.4 Å². The van der Waals surface area contributed by atoms with Crippen LogP contribution in [0.3, 0.4) is 0 Å². The van der Waals surface area contributed by atoms with Crippen molar-refractivity contribution in [2.24, 2.45) is 7.05 Å². The van der Waals surface area contributed by atoms with Gasteiger partial charge in [0.05, 0.1) is 22.3 Å². The molecule has 0 N–H and O–H groups in total. The summed E-state index contributed by atoms with van der Waals surface area (Å²) in [4.78, 5) is 17.5. The molecule has 2 aromatic carbocycles. The van der Waals surface area contributed by atoms with Gasteiger partial charge in [-0.3, -0.25) is 13.8 Å². The van der Waals surface area contributed by atoms with Crippen LogP contribution in [0.15, 0.2) is 64.5 Å². The maximum Gasteiger partial charge on any atom is 0.262 e. The number of thioether (sulfide) groups is 1. The summed E-state index contributed by atoms with van der Waals surface area (Å²) in [5.74, 6) is 3.34. The molecule has 0 radical (unpaired) electrons. The molecule has 1 aliphatic carbocycles. The molecule has 0 bridgehead atoms. The molecule has 5 aromatic rings. The Kier molecular flexibility index (Phi) is 4.17. The predicted molar refractivity (Wildman–Crippen MR) is 119 cm³/mol. The maximum absolute atomic E-state index is 12.6. The zero-order valence-corrected chi connectivity index (χ0v) is 17.7. The average Bonchev–Trinajstić information content (AvgIpc) is 3.42. The number of hydrogen-bond acceptors (Lipinski definition) is 6. The third-order valence-corrected chi connectivity index (χ3v) is 6.41. The van der Waals surface area contributed by atoms with Crippen molar-refractivity contribution in [1.29, 1.82) is 0 Å². The lowest BCUT2D eigenvalue weighted by atomic mass is 10.2. The predicted octanol–water partition coefficient (Wildman–Crippen LogP) is 3.33. The van der Waals surface area contributed by atoms with Crippen molar-refractivity contribution in [3.05, 3.63) is 76.6 Å². The molecule has 1 fully saturated rings. The SMILES string of the molecule is Cn1c(=O)c2ccccc2n2c(CSc3nc(C4CC4)n(-c4ccccc4)n3)nnc12. The van der Waals surface area contributed by atoms with Gasteiger partial charge < -0.3 is 0 Å². The van der Waals surface area contributed by atoms with Crippen LogP contribution >= 0.6 is 11.8 Å². The molecule has 0 aliphatic heterocycles. The van der Waals surface area contributed by atoms with Crippen LogP contribution in [-0.2, 0) is 12.8 Å². The number of aryl methyl sites for hydroxylation is 1. The second kappa shape index (κ2) is 7.05. The van der Waals surface area contributed by atoms with Gasteiger partial charge in [-0.15, -0.1) is 15.3 Å². The molecule has 0 amide bonds. The maximum atomic E-state index is 12.6. The van der Waals surface area contributed by atoms with Gasteiger partial charge in [0, 0.05) is 13.0 Å². The summed E-state index contributed by atoms with van der Waals surface area (Å²) in [6.45, 7) is 0. The fourth-order valence-electron chi connectivity index (χ4n) is 3.85. The van der Waals surface area contributed by atoms with Crippen molar-refractivity contribution in [3.8, 4) is 5.69 Å². The van der Waals surface area contributed by atoms with Gasteiger partial charge in [-0.05, 0) is 37.1 Å². The van der Waals surface area contributed by atoms with E-state index in [0.29, 0.717) is 22.8 Å². The minimum Gasteiger partial charge on any atom is -0.279 e. The summed E-state index contributed by atoms with van der Waals surface area (Å²) in [6, 6.07) is 17.7. The molecule has 6 rings (SSSR count). The first kappa shape index (κ1) is 18.3. The number of fused-ring (bicyclic) bond motifs is 3. The summed E-state index contributed by atoms with van der Waals surface area (Å²) < 4.78 is 5.44. The highest BCUT2D eigenvalue weighted by atomic mass is 32.2. The highest BCUT2D eigenvalue weighted by Crippen LogP contribution is 2.40. The Labute approximate surface area is 181 Å². The van der Waals surface area contributed by atoms with E-state index < -0.39 is 0 Å². The zero-order valence-electron chi connectivity index (χ0n) is 16.8. The van der Waals surface area contributed by atoms with E-state index in [9.17, 15) is 4.79 Å². The summed E-state index contributed by atoms with van der Waals surface area (Å²) in [7, 11) is 1.72. The standard InChI is InChI=1S/C22H19N7OS/c1-27-20(30)16-9-5-6-10-17(16)28-18(24-25-22(27)28)13-31-21-23-19(14-11-12-14)29(26-21)15-7-3-2-4-8-15/h2-10,14H,11-13H2,1H3. The van der Waals surface area contributed by atoms with Crippen molar-refractivity contribution in [2.45, 2.75) is 29.7 Å². The van der Waals surface area contributed by atoms with Crippen molar-refractivity contribution in [3.63, 3.8) is 0 Å². The molecule has 3 aromatic heterocycles. The van der Waals surface area contributed by atoms with Gasteiger partial charge in [0.2, 0.25) is 10.9 Å². The Bertz CT molecular complexity index is 1480. The van der Waals surface area contributed by atoms with Crippen LogP contribution in [0.4, 0.5) is 0 Å². The number of nitrogens with zero attached hydrogens (tertiary/aromatic N) is 7. The molecule has 9 heteroatoms. The molecule has 0 spiro atoms. The Morgan fingerprint density at radius 1 is 1.03 bits per heavy atom. The van der Waals surface area contributed by atoms with E-state index >= 15 is 0 Å². The molecule has 31 heavy (non-hydrogen) atoms. The normalized spacial score (nSPS) is 14.0. The van der Waals surface area contributed by atoms with E-state index in [4.69, 9.17) is 10.1 Å².